The van der Waals surface area contributed by atoms with Crippen molar-refractivity contribution in [1.82, 2.24) is 0 Å². The summed E-state index contributed by atoms with van der Waals surface area (Å²) in [5.74, 6) is 0. The van der Waals surface area contributed by atoms with Gasteiger partial charge in [-0.15, -0.1) is 0 Å². The zero-order valence-electron chi connectivity index (χ0n) is 8.37. The molecule has 0 fully saturated rings. The van der Waals surface area contributed by atoms with Crippen LogP contribution in [0.3, 0.4) is 0 Å². The van der Waals surface area contributed by atoms with E-state index in [-0.39, 0.29) is 13.2 Å². The molecular weight excluding hydrogens is 336 g/mol. The van der Waals surface area contributed by atoms with Crippen LogP contribution >= 0.6 is 31.9 Å². The maximum absolute atomic E-state index is 9.40. The van der Waals surface area contributed by atoms with E-state index in [1.54, 1.807) is 0 Å². The van der Waals surface area contributed by atoms with Crippen molar-refractivity contribution in [2.24, 2.45) is 0 Å². The maximum Gasteiger partial charge on any atom is 0.0699 e. The monoisotopic (exact) mass is 344 g/mol. The molecule has 0 bridgehead atoms. The van der Waals surface area contributed by atoms with Crippen molar-refractivity contribution < 1.29 is 10.2 Å². The fourth-order valence-corrected chi connectivity index (χ4v) is 2.74. The highest BCUT2D eigenvalue weighted by molar-refractivity contribution is 9.10. The van der Waals surface area contributed by atoms with E-state index in [1.807, 2.05) is 24.3 Å². The number of fused-ring (bicyclic) bond motifs is 1. The Bertz CT molecular complexity index is 493. The van der Waals surface area contributed by atoms with E-state index < -0.39 is 0 Å². The number of benzene rings is 2. The fraction of sp³-hybridized carbons (Fsp3) is 0.167. The predicted octanol–water partition coefficient (Wildman–Crippen LogP) is 3.35. The largest absolute Gasteiger partial charge is 0.392 e. The quantitative estimate of drug-likeness (QED) is 0.876. The normalized spacial score (nSPS) is 11.0. The summed E-state index contributed by atoms with van der Waals surface area (Å²) in [7, 11) is 0. The zero-order chi connectivity index (χ0) is 11.7. The van der Waals surface area contributed by atoms with Crippen LogP contribution in [-0.2, 0) is 13.2 Å². The van der Waals surface area contributed by atoms with E-state index in [0.717, 1.165) is 30.8 Å². The van der Waals surface area contributed by atoms with E-state index in [9.17, 15) is 10.2 Å². The van der Waals surface area contributed by atoms with Crippen molar-refractivity contribution in [3.05, 3.63) is 44.3 Å². The molecule has 2 N–H and O–H groups in total. The minimum Gasteiger partial charge on any atom is -0.392 e. The lowest BCUT2D eigenvalue weighted by atomic mass is 10.00. The van der Waals surface area contributed by atoms with Crippen LogP contribution in [0, 0.1) is 0 Å². The second-order valence-corrected chi connectivity index (χ2v) is 5.17. The molecule has 2 aromatic rings. The number of hydrogen-bond donors (Lipinski definition) is 2. The summed E-state index contributed by atoms with van der Waals surface area (Å²) in [5, 5.41) is 20.7. The first-order chi connectivity index (χ1) is 7.69. The van der Waals surface area contributed by atoms with Crippen LogP contribution in [0.5, 0.6) is 0 Å². The van der Waals surface area contributed by atoms with Gasteiger partial charge in [-0.2, -0.15) is 0 Å². The zero-order valence-corrected chi connectivity index (χ0v) is 11.5. The van der Waals surface area contributed by atoms with E-state index in [4.69, 9.17) is 0 Å². The van der Waals surface area contributed by atoms with Crippen molar-refractivity contribution in [1.29, 1.82) is 0 Å². The van der Waals surface area contributed by atoms with Crippen molar-refractivity contribution in [3.8, 4) is 0 Å². The molecule has 0 spiro atoms. The Labute approximate surface area is 110 Å². The first kappa shape index (κ1) is 12.0. The lowest BCUT2D eigenvalue weighted by molar-refractivity contribution is 0.278. The number of halogens is 2. The summed E-state index contributed by atoms with van der Waals surface area (Å²) in [6, 6.07) is 7.74. The van der Waals surface area contributed by atoms with E-state index in [1.165, 1.54) is 0 Å². The van der Waals surface area contributed by atoms with Gasteiger partial charge in [-0.1, -0.05) is 44.0 Å². The maximum atomic E-state index is 9.40. The van der Waals surface area contributed by atoms with Gasteiger partial charge >= 0.3 is 0 Å². The van der Waals surface area contributed by atoms with Crippen LogP contribution < -0.4 is 0 Å². The molecule has 2 rings (SSSR count). The lowest BCUT2D eigenvalue weighted by Crippen LogP contribution is -1.95. The average molecular weight is 346 g/mol. The third-order valence-electron chi connectivity index (χ3n) is 2.60. The Kier molecular flexibility index (Phi) is 3.64. The van der Waals surface area contributed by atoms with E-state index in [0.29, 0.717) is 0 Å². The van der Waals surface area contributed by atoms with Crippen molar-refractivity contribution in [2.45, 2.75) is 13.2 Å². The first-order valence-electron chi connectivity index (χ1n) is 4.79. The van der Waals surface area contributed by atoms with Gasteiger partial charge in [0, 0.05) is 8.95 Å². The predicted molar refractivity (Wildman–Crippen MR) is 71.2 cm³/mol. The van der Waals surface area contributed by atoms with Gasteiger partial charge in [-0.05, 0) is 34.0 Å². The number of aliphatic hydroxyl groups excluding tert-OH is 2. The second-order valence-electron chi connectivity index (χ2n) is 3.47. The molecule has 0 aliphatic heterocycles. The summed E-state index contributed by atoms with van der Waals surface area (Å²) in [5.41, 5.74) is 1.62. The third-order valence-corrected chi connectivity index (χ3v) is 4.09. The van der Waals surface area contributed by atoms with Gasteiger partial charge in [0.15, 0.2) is 0 Å². The standard InChI is InChI=1S/C12H10Br2O2/c13-10-3-1-7-2-4-11(14)9(6-16)12(7)8(10)5-15/h1-4,15-16H,5-6H2. The number of rotatable bonds is 2. The summed E-state index contributed by atoms with van der Waals surface area (Å²) in [6.07, 6.45) is 0. The Morgan fingerprint density at radius 3 is 1.62 bits per heavy atom. The molecule has 0 atom stereocenters. The van der Waals surface area contributed by atoms with Gasteiger partial charge in [-0.25, -0.2) is 0 Å². The Hall–Kier alpha value is -0.420. The minimum absolute atomic E-state index is 0.0542. The highest BCUT2D eigenvalue weighted by Gasteiger charge is 2.11. The molecule has 0 aliphatic carbocycles. The number of aliphatic hydroxyl groups is 2. The summed E-state index contributed by atoms with van der Waals surface area (Å²) in [6.45, 7) is -0.108. The number of hydrogen-bond acceptors (Lipinski definition) is 2. The first-order valence-corrected chi connectivity index (χ1v) is 6.37. The molecule has 0 aliphatic rings. The molecule has 0 saturated carbocycles. The molecule has 2 nitrogen and oxygen atoms in total. The SMILES string of the molecule is OCc1c(Br)ccc2ccc(Br)c(CO)c12. The van der Waals surface area contributed by atoms with Gasteiger partial charge in [0.1, 0.15) is 0 Å². The molecule has 0 heterocycles. The fourth-order valence-electron chi connectivity index (χ4n) is 1.83. The topological polar surface area (TPSA) is 40.5 Å². The van der Waals surface area contributed by atoms with Gasteiger partial charge < -0.3 is 10.2 Å². The Balaban J connectivity index is 2.92. The van der Waals surface area contributed by atoms with Crippen LogP contribution in [0.25, 0.3) is 10.8 Å². The highest BCUT2D eigenvalue weighted by atomic mass is 79.9. The van der Waals surface area contributed by atoms with Crippen LogP contribution in [0.15, 0.2) is 33.2 Å². The Morgan fingerprint density at radius 1 is 0.812 bits per heavy atom. The summed E-state index contributed by atoms with van der Waals surface area (Å²) < 4.78 is 1.71. The van der Waals surface area contributed by atoms with E-state index in [2.05, 4.69) is 31.9 Å². The molecule has 0 saturated heterocycles. The van der Waals surface area contributed by atoms with Crippen molar-refractivity contribution >= 4 is 42.6 Å². The highest BCUT2D eigenvalue weighted by Crippen LogP contribution is 2.33. The van der Waals surface area contributed by atoms with Crippen LogP contribution in [-0.4, -0.2) is 10.2 Å². The van der Waals surface area contributed by atoms with E-state index >= 15 is 0 Å². The van der Waals surface area contributed by atoms with Gasteiger partial charge in [0.25, 0.3) is 0 Å². The molecule has 84 valence electrons. The molecule has 0 radical (unpaired) electrons. The van der Waals surface area contributed by atoms with Crippen molar-refractivity contribution in [3.63, 3.8) is 0 Å². The lowest BCUT2D eigenvalue weighted by Gasteiger charge is -2.12. The summed E-state index contributed by atoms with van der Waals surface area (Å²) in [4.78, 5) is 0. The third kappa shape index (κ3) is 1.91. The molecule has 0 unspecified atom stereocenters. The average Bonchev–Trinajstić information content (AvgIpc) is 2.29. The minimum atomic E-state index is -0.0542. The summed E-state index contributed by atoms with van der Waals surface area (Å²) >= 11 is 6.82. The molecule has 0 amide bonds. The molecule has 4 heteroatoms. The van der Waals surface area contributed by atoms with Crippen LogP contribution in [0.1, 0.15) is 11.1 Å². The van der Waals surface area contributed by atoms with Crippen molar-refractivity contribution in [2.75, 3.05) is 0 Å². The Morgan fingerprint density at radius 2 is 1.25 bits per heavy atom. The smallest absolute Gasteiger partial charge is 0.0699 e. The van der Waals surface area contributed by atoms with Crippen LogP contribution in [0.4, 0.5) is 0 Å². The van der Waals surface area contributed by atoms with Gasteiger partial charge in [0.2, 0.25) is 0 Å². The molecule has 2 aromatic carbocycles. The van der Waals surface area contributed by atoms with Crippen LogP contribution in [0.2, 0.25) is 0 Å². The van der Waals surface area contributed by atoms with Gasteiger partial charge in [0.05, 0.1) is 13.2 Å². The molecular formula is C12H10Br2O2. The molecule has 0 aromatic heterocycles. The second kappa shape index (κ2) is 4.84. The molecule has 16 heavy (non-hydrogen) atoms. The van der Waals surface area contributed by atoms with Gasteiger partial charge in [-0.3, -0.25) is 0 Å².